The Morgan fingerprint density at radius 3 is 2.14 bits per heavy atom. The molecule has 0 radical (unpaired) electrons. The van der Waals surface area contributed by atoms with Gasteiger partial charge in [0.1, 0.15) is 16.7 Å². The van der Waals surface area contributed by atoms with Gasteiger partial charge in [-0.2, -0.15) is 0 Å². The Labute approximate surface area is 199 Å². The minimum atomic E-state index is -0.485. The number of benzene rings is 3. The Bertz CT molecular complexity index is 1470. The number of rotatable bonds is 6. The van der Waals surface area contributed by atoms with E-state index < -0.39 is 11.4 Å². The number of anilines is 1. The number of nitrogens with one attached hydrogen (secondary N) is 1. The lowest BCUT2D eigenvalue weighted by Gasteiger charge is -2.12. The van der Waals surface area contributed by atoms with E-state index in [0.29, 0.717) is 22.4 Å². The minimum Gasteiger partial charge on any atom is -0.504 e. The van der Waals surface area contributed by atoms with Gasteiger partial charge in [0, 0.05) is 28.9 Å². The maximum atomic E-state index is 12.7. The first-order chi connectivity index (χ1) is 16.9. The van der Waals surface area contributed by atoms with Gasteiger partial charge in [-0.3, -0.25) is 9.59 Å². The highest BCUT2D eigenvalue weighted by molar-refractivity contribution is 6.05. The number of esters is 1. The van der Waals surface area contributed by atoms with Gasteiger partial charge in [-0.25, -0.2) is 4.79 Å². The third-order valence-electron chi connectivity index (χ3n) is 5.33. The molecule has 0 atom stereocenters. The number of phenolic OH excluding ortho intramolecular Hbond substituents is 1. The lowest BCUT2D eigenvalue weighted by Crippen LogP contribution is -2.12. The number of ether oxygens (including phenoxy) is 3. The van der Waals surface area contributed by atoms with Crippen molar-refractivity contribution in [2.75, 3.05) is 26.6 Å². The fourth-order valence-corrected chi connectivity index (χ4v) is 3.55. The summed E-state index contributed by atoms with van der Waals surface area (Å²) in [5.74, 6) is -0.676. The summed E-state index contributed by atoms with van der Waals surface area (Å²) in [6.07, 6.45) is 0. The number of phenols is 1. The van der Waals surface area contributed by atoms with Gasteiger partial charge in [-0.1, -0.05) is 0 Å². The Morgan fingerprint density at radius 1 is 0.886 bits per heavy atom. The smallest absolute Gasteiger partial charge is 0.337 e. The van der Waals surface area contributed by atoms with Gasteiger partial charge in [-0.05, 0) is 48.5 Å². The Kier molecular flexibility index (Phi) is 6.41. The van der Waals surface area contributed by atoms with Gasteiger partial charge in [0.2, 0.25) is 5.75 Å². The molecule has 3 aromatic carbocycles. The van der Waals surface area contributed by atoms with Gasteiger partial charge in [0.25, 0.3) is 5.91 Å². The van der Waals surface area contributed by atoms with Crippen LogP contribution in [0.5, 0.6) is 17.2 Å². The van der Waals surface area contributed by atoms with Gasteiger partial charge in [0.05, 0.1) is 26.9 Å². The number of carbonyl (C=O) groups excluding carboxylic acids is 2. The third kappa shape index (κ3) is 4.51. The van der Waals surface area contributed by atoms with E-state index in [0.717, 1.165) is 0 Å². The topological polar surface area (TPSA) is 124 Å². The van der Waals surface area contributed by atoms with Gasteiger partial charge in [0.15, 0.2) is 16.9 Å². The van der Waals surface area contributed by atoms with Crippen molar-refractivity contribution in [1.82, 2.24) is 0 Å². The largest absolute Gasteiger partial charge is 0.504 e. The Hall–Kier alpha value is -4.79. The van der Waals surface area contributed by atoms with Crippen LogP contribution in [0.1, 0.15) is 20.7 Å². The molecule has 0 unspecified atom stereocenters. The normalized spacial score (nSPS) is 10.6. The molecule has 35 heavy (non-hydrogen) atoms. The first-order valence-corrected chi connectivity index (χ1v) is 10.4. The van der Waals surface area contributed by atoms with E-state index in [4.69, 9.17) is 13.9 Å². The van der Waals surface area contributed by atoms with Crippen molar-refractivity contribution >= 4 is 28.5 Å². The van der Waals surface area contributed by atoms with Crippen molar-refractivity contribution in [2.24, 2.45) is 0 Å². The van der Waals surface area contributed by atoms with Crippen LogP contribution in [0.15, 0.2) is 69.9 Å². The lowest BCUT2D eigenvalue weighted by molar-refractivity contribution is 0.0600. The van der Waals surface area contributed by atoms with Crippen molar-refractivity contribution in [1.29, 1.82) is 0 Å². The number of methoxy groups -OCH3 is 3. The molecule has 0 saturated heterocycles. The molecular formula is C26H21NO8. The molecule has 178 valence electrons. The van der Waals surface area contributed by atoms with E-state index in [1.807, 2.05) is 0 Å². The zero-order valence-corrected chi connectivity index (χ0v) is 19.1. The zero-order valence-electron chi connectivity index (χ0n) is 19.1. The minimum absolute atomic E-state index is 0.0199. The highest BCUT2D eigenvalue weighted by atomic mass is 16.5. The van der Waals surface area contributed by atoms with E-state index in [2.05, 4.69) is 10.1 Å². The lowest BCUT2D eigenvalue weighted by atomic mass is 10.1. The molecule has 9 heteroatoms. The zero-order chi connectivity index (χ0) is 25.1. The number of hydrogen-bond donors (Lipinski definition) is 2. The van der Waals surface area contributed by atoms with E-state index in [1.54, 1.807) is 24.3 Å². The second-order valence-electron chi connectivity index (χ2n) is 7.41. The van der Waals surface area contributed by atoms with Gasteiger partial charge >= 0.3 is 5.97 Å². The first kappa shape index (κ1) is 23.4. The molecule has 0 aliphatic heterocycles. The van der Waals surface area contributed by atoms with Crippen molar-refractivity contribution in [3.63, 3.8) is 0 Å². The third-order valence-corrected chi connectivity index (χ3v) is 5.33. The predicted octanol–water partition coefficient (Wildman–Crippen LogP) is 4.22. The molecule has 1 heterocycles. The highest BCUT2D eigenvalue weighted by Crippen LogP contribution is 2.42. The van der Waals surface area contributed by atoms with Crippen molar-refractivity contribution in [2.45, 2.75) is 0 Å². The molecule has 0 aliphatic rings. The summed E-state index contributed by atoms with van der Waals surface area (Å²) in [6, 6.07) is 15.5. The van der Waals surface area contributed by atoms with E-state index >= 15 is 0 Å². The molecule has 2 N–H and O–H groups in total. The first-order valence-electron chi connectivity index (χ1n) is 10.4. The summed E-state index contributed by atoms with van der Waals surface area (Å²) in [6.45, 7) is 0. The molecule has 0 saturated carbocycles. The monoisotopic (exact) mass is 475 g/mol. The van der Waals surface area contributed by atoms with Crippen molar-refractivity contribution in [3.8, 4) is 28.6 Å². The van der Waals surface area contributed by atoms with Crippen LogP contribution in [-0.2, 0) is 4.74 Å². The van der Waals surface area contributed by atoms with E-state index in [1.165, 1.54) is 57.7 Å². The summed E-state index contributed by atoms with van der Waals surface area (Å²) >= 11 is 0. The Balaban J connectivity index is 1.58. The number of hydrogen-bond acceptors (Lipinski definition) is 8. The fraction of sp³-hybridized carbons (Fsp3) is 0.115. The summed E-state index contributed by atoms with van der Waals surface area (Å²) in [5, 5.41) is 13.2. The van der Waals surface area contributed by atoms with Crippen LogP contribution in [0, 0.1) is 0 Å². The molecule has 9 nitrogen and oxygen atoms in total. The van der Waals surface area contributed by atoms with Crippen LogP contribution in [0.3, 0.4) is 0 Å². The molecule has 0 aliphatic carbocycles. The maximum absolute atomic E-state index is 12.7. The molecule has 0 bridgehead atoms. The summed E-state index contributed by atoms with van der Waals surface area (Å²) in [5.41, 5.74) is 1.49. The molecule has 4 aromatic rings. The quantitative estimate of drug-likeness (QED) is 0.397. The molecule has 1 amide bonds. The summed E-state index contributed by atoms with van der Waals surface area (Å²) < 4.78 is 20.9. The number of fused-ring (bicyclic) bond motifs is 1. The highest BCUT2D eigenvalue weighted by Gasteiger charge is 2.19. The van der Waals surface area contributed by atoms with Gasteiger partial charge in [-0.15, -0.1) is 0 Å². The van der Waals surface area contributed by atoms with Crippen LogP contribution in [0.25, 0.3) is 22.3 Å². The second kappa shape index (κ2) is 9.60. The number of amides is 1. The molecule has 1 aromatic heterocycles. The average Bonchev–Trinajstić information content (AvgIpc) is 2.88. The number of aromatic hydroxyl groups is 1. The second-order valence-corrected chi connectivity index (χ2v) is 7.41. The molecule has 0 spiro atoms. The number of carbonyl (C=O) groups is 2. The van der Waals surface area contributed by atoms with Crippen LogP contribution in [0.4, 0.5) is 5.69 Å². The summed E-state index contributed by atoms with van der Waals surface area (Å²) in [7, 11) is 4.05. The van der Waals surface area contributed by atoms with Crippen LogP contribution >= 0.6 is 0 Å². The summed E-state index contributed by atoms with van der Waals surface area (Å²) in [4.78, 5) is 36.8. The maximum Gasteiger partial charge on any atom is 0.337 e. The van der Waals surface area contributed by atoms with E-state index in [9.17, 15) is 19.5 Å². The van der Waals surface area contributed by atoms with Crippen molar-refractivity contribution < 1.29 is 33.3 Å². The standard InChI is InChI=1S/C26H21NO8/c1-32-21-13-20-22(23(29)24(21)33-2)18(28)12-19(35-20)14-8-10-17(11-9-14)27-25(30)15-4-6-16(7-5-15)26(31)34-3/h4-13,29H,1-3H3,(H,27,30). The average molecular weight is 475 g/mol. The van der Waals surface area contributed by atoms with Crippen LogP contribution in [-0.4, -0.2) is 38.3 Å². The molecule has 4 rings (SSSR count). The van der Waals surface area contributed by atoms with Crippen LogP contribution < -0.4 is 20.2 Å². The molecular weight excluding hydrogens is 454 g/mol. The molecule has 0 fully saturated rings. The van der Waals surface area contributed by atoms with E-state index in [-0.39, 0.29) is 39.9 Å². The SMILES string of the molecule is COC(=O)c1ccc(C(=O)Nc2ccc(-c3cc(=O)c4c(O)c(OC)c(OC)cc4o3)cc2)cc1. The van der Waals surface area contributed by atoms with Gasteiger partial charge < -0.3 is 29.1 Å². The fourth-order valence-electron chi connectivity index (χ4n) is 3.55. The van der Waals surface area contributed by atoms with Crippen molar-refractivity contribution in [3.05, 3.63) is 82.0 Å². The predicted molar refractivity (Wildman–Crippen MR) is 128 cm³/mol. The van der Waals surface area contributed by atoms with Crippen LogP contribution in [0.2, 0.25) is 0 Å². The Morgan fingerprint density at radius 2 is 1.54 bits per heavy atom.